The minimum atomic E-state index is 0.550. The molecule has 0 radical (unpaired) electrons. The van der Waals surface area contributed by atoms with Crippen LogP contribution in [0.15, 0.2) is 18.2 Å². The molecule has 0 saturated heterocycles. The molecule has 1 aromatic rings. The summed E-state index contributed by atoms with van der Waals surface area (Å²) < 4.78 is 0. The van der Waals surface area contributed by atoms with Gasteiger partial charge in [0.15, 0.2) is 0 Å². The summed E-state index contributed by atoms with van der Waals surface area (Å²) >= 11 is 6.01. The summed E-state index contributed by atoms with van der Waals surface area (Å²) in [6, 6.07) is 6.19. The van der Waals surface area contributed by atoms with Gasteiger partial charge >= 0.3 is 0 Å². The van der Waals surface area contributed by atoms with Gasteiger partial charge in [-0.05, 0) is 60.8 Å². The molecular weight excluding hydrogens is 266 g/mol. The summed E-state index contributed by atoms with van der Waals surface area (Å²) in [6.45, 7) is 8.96. The highest BCUT2D eigenvalue weighted by Gasteiger charge is 2.33. The fourth-order valence-corrected chi connectivity index (χ4v) is 3.99. The van der Waals surface area contributed by atoms with Gasteiger partial charge in [-0.1, -0.05) is 44.4 Å². The van der Waals surface area contributed by atoms with Crippen molar-refractivity contribution >= 4 is 11.6 Å². The number of hydrogen-bond acceptors (Lipinski definition) is 1. The number of nitrogens with one attached hydrogen (secondary N) is 1. The number of aryl methyl sites for hydroxylation is 1. The molecule has 112 valence electrons. The molecule has 0 amide bonds. The molecule has 20 heavy (non-hydrogen) atoms. The first-order valence-electron chi connectivity index (χ1n) is 7.96. The predicted octanol–water partition coefficient (Wildman–Crippen LogP) is 5.34. The zero-order valence-corrected chi connectivity index (χ0v) is 13.9. The summed E-state index contributed by atoms with van der Waals surface area (Å²) in [5.74, 6) is 0.798. The van der Waals surface area contributed by atoms with Gasteiger partial charge in [0.2, 0.25) is 0 Å². The fourth-order valence-electron chi connectivity index (χ4n) is 3.76. The second-order valence-electron chi connectivity index (χ2n) is 6.98. The maximum atomic E-state index is 6.01. The van der Waals surface area contributed by atoms with Crippen molar-refractivity contribution in [3.63, 3.8) is 0 Å². The molecule has 1 aromatic carbocycles. The van der Waals surface area contributed by atoms with E-state index in [2.05, 4.69) is 38.2 Å². The van der Waals surface area contributed by atoms with Crippen LogP contribution in [0.4, 0.5) is 0 Å². The highest BCUT2D eigenvalue weighted by Crippen LogP contribution is 2.42. The Kier molecular flexibility index (Phi) is 5.51. The number of hydrogen-bond donors (Lipinski definition) is 1. The third-order valence-corrected chi connectivity index (χ3v) is 4.86. The van der Waals surface area contributed by atoms with Gasteiger partial charge in [-0.15, -0.1) is 0 Å². The molecule has 2 heteroatoms. The molecule has 0 aliphatic heterocycles. The van der Waals surface area contributed by atoms with E-state index in [0.717, 1.165) is 24.0 Å². The molecule has 2 rings (SSSR count). The van der Waals surface area contributed by atoms with Gasteiger partial charge < -0.3 is 5.32 Å². The third kappa shape index (κ3) is 4.23. The molecule has 0 bridgehead atoms. The van der Waals surface area contributed by atoms with Crippen LogP contribution < -0.4 is 5.32 Å². The molecule has 1 aliphatic carbocycles. The number of rotatable bonds is 6. The van der Waals surface area contributed by atoms with Crippen molar-refractivity contribution in [2.45, 2.75) is 59.4 Å². The van der Waals surface area contributed by atoms with E-state index >= 15 is 0 Å². The first-order valence-corrected chi connectivity index (χ1v) is 8.34. The van der Waals surface area contributed by atoms with Gasteiger partial charge in [-0.25, -0.2) is 0 Å². The molecule has 1 N–H and O–H groups in total. The second-order valence-corrected chi connectivity index (χ2v) is 7.42. The summed E-state index contributed by atoms with van der Waals surface area (Å²) in [5.41, 5.74) is 3.20. The molecule has 1 nitrogen and oxygen atoms in total. The lowest BCUT2D eigenvalue weighted by Gasteiger charge is -2.31. The molecule has 0 heterocycles. The average molecular weight is 294 g/mol. The molecule has 0 aromatic heterocycles. The van der Waals surface area contributed by atoms with Gasteiger partial charge in [0.05, 0.1) is 0 Å². The van der Waals surface area contributed by atoms with Gasteiger partial charge in [0.25, 0.3) is 0 Å². The zero-order chi connectivity index (χ0) is 14.6. The molecule has 1 aliphatic rings. The zero-order valence-electron chi connectivity index (χ0n) is 13.1. The van der Waals surface area contributed by atoms with E-state index in [4.69, 9.17) is 11.6 Å². The first kappa shape index (κ1) is 15.9. The van der Waals surface area contributed by atoms with Crippen LogP contribution in [-0.4, -0.2) is 6.54 Å². The van der Waals surface area contributed by atoms with Crippen LogP contribution in [-0.2, 0) is 6.54 Å². The van der Waals surface area contributed by atoms with E-state index in [0.29, 0.717) is 5.41 Å². The largest absolute Gasteiger partial charge is 0.312 e. The van der Waals surface area contributed by atoms with E-state index in [1.165, 1.54) is 43.2 Å². The van der Waals surface area contributed by atoms with Crippen molar-refractivity contribution in [3.8, 4) is 0 Å². The number of benzene rings is 1. The van der Waals surface area contributed by atoms with E-state index in [-0.39, 0.29) is 0 Å². The van der Waals surface area contributed by atoms with E-state index < -0.39 is 0 Å². The van der Waals surface area contributed by atoms with Crippen molar-refractivity contribution < 1.29 is 0 Å². The van der Waals surface area contributed by atoms with Crippen molar-refractivity contribution in [3.05, 3.63) is 34.3 Å². The Morgan fingerprint density at radius 2 is 1.95 bits per heavy atom. The monoisotopic (exact) mass is 293 g/mol. The smallest absolute Gasteiger partial charge is 0.0408 e. The average Bonchev–Trinajstić information content (AvgIpc) is 2.80. The molecule has 0 unspecified atom stereocenters. The van der Waals surface area contributed by atoms with Gasteiger partial charge in [0, 0.05) is 18.1 Å². The van der Waals surface area contributed by atoms with Crippen LogP contribution in [0.25, 0.3) is 0 Å². The van der Waals surface area contributed by atoms with Crippen LogP contribution in [0.2, 0.25) is 5.02 Å². The maximum absolute atomic E-state index is 6.01. The molecule has 1 fully saturated rings. The minimum Gasteiger partial charge on any atom is -0.312 e. The Morgan fingerprint density at radius 1 is 1.25 bits per heavy atom. The van der Waals surface area contributed by atoms with Crippen LogP contribution in [0.1, 0.15) is 57.1 Å². The molecule has 0 spiro atoms. The summed E-state index contributed by atoms with van der Waals surface area (Å²) in [4.78, 5) is 0. The van der Waals surface area contributed by atoms with Gasteiger partial charge in [-0.2, -0.15) is 0 Å². The van der Waals surface area contributed by atoms with Crippen molar-refractivity contribution in [1.82, 2.24) is 5.32 Å². The molecule has 0 atom stereocenters. The van der Waals surface area contributed by atoms with E-state index in [1.807, 2.05) is 6.07 Å². The lowest BCUT2D eigenvalue weighted by atomic mass is 9.78. The van der Waals surface area contributed by atoms with Gasteiger partial charge in [0.1, 0.15) is 0 Å². The van der Waals surface area contributed by atoms with Gasteiger partial charge in [-0.3, -0.25) is 0 Å². The highest BCUT2D eigenvalue weighted by atomic mass is 35.5. The van der Waals surface area contributed by atoms with E-state index in [1.54, 1.807) is 0 Å². The Morgan fingerprint density at radius 3 is 2.55 bits per heavy atom. The predicted molar refractivity (Wildman–Crippen MR) is 88.3 cm³/mol. The lowest BCUT2D eigenvalue weighted by molar-refractivity contribution is 0.223. The lowest BCUT2D eigenvalue weighted by Crippen LogP contribution is -2.33. The number of halogens is 1. The standard InChI is InChI=1S/C18H28ClN/c1-14(2)11-18(8-4-5-9-18)13-20-12-16-6-7-17(19)10-15(16)3/h6-7,10,14,20H,4-5,8-9,11-13H2,1-3H3. The van der Waals surface area contributed by atoms with Crippen LogP contribution in [0.3, 0.4) is 0 Å². The Hall–Kier alpha value is -0.530. The van der Waals surface area contributed by atoms with Crippen molar-refractivity contribution in [2.24, 2.45) is 11.3 Å². The summed E-state index contributed by atoms with van der Waals surface area (Å²) in [5, 5.41) is 4.54. The third-order valence-electron chi connectivity index (χ3n) is 4.63. The molecular formula is C18H28ClN. The summed E-state index contributed by atoms with van der Waals surface area (Å²) in [6.07, 6.45) is 6.98. The summed E-state index contributed by atoms with van der Waals surface area (Å²) in [7, 11) is 0. The fraction of sp³-hybridized carbons (Fsp3) is 0.667. The Balaban J connectivity index is 1.90. The normalized spacial score (nSPS) is 17.9. The SMILES string of the molecule is Cc1cc(Cl)ccc1CNCC1(CC(C)C)CCCC1. The van der Waals surface area contributed by atoms with Crippen LogP contribution in [0, 0.1) is 18.3 Å². The maximum Gasteiger partial charge on any atom is 0.0408 e. The van der Waals surface area contributed by atoms with E-state index in [9.17, 15) is 0 Å². The van der Waals surface area contributed by atoms with Crippen molar-refractivity contribution in [1.29, 1.82) is 0 Å². The second kappa shape index (κ2) is 6.95. The van der Waals surface area contributed by atoms with Crippen LogP contribution in [0.5, 0.6) is 0 Å². The Labute approximate surface area is 129 Å². The van der Waals surface area contributed by atoms with Crippen LogP contribution >= 0.6 is 11.6 Å². The highest BCUT2D eigenvalue weighted by molar-refractivity contribution is 6.30. The Bertz CT molecular complexity index is 433. The quantitative estimate of drug-likeness (QED) is 0.746. The topological polar surface area (TPSA) is 12.0 Å². The first-order chi connectivity index (χ1) is 9.51. The van der Waals surface area contributed by atoms with Crippen molar-refractivity contribution in [2.75, 3.05) is 6.54 Å². The molecule has 1 saturated carbocycles. The minimum absolute atomic E-state index is 0.550.